The maximum Gasteiger partial charge on any atom is 0.335 e. The number of nitrogens with zero attached hydrogens (tertiary/aromatic N) is 6. The van der Waals surface area contributed by atoms with Crippen LogP contribution in [0.2, 0.25) is 0 Å². The fourth-order valence-electron chi connectivity index (χ4n) is 5.93. The normalized spacial score (nSPS) is 18.0. The first-order valence-corrected chi connectivity index (χ1v) is 14.3. The number of piperidine rings is 1. The Labute approximate surface area is 241 Å². The Bertz CT molecular complexity index is 1760. The number of hydrogen-bond acceptors (Lipinski definition) is 7. The topological polar surface area (TPSA) is 107 Å². The zero-order chi connectivity index (χ0) is 28.6. The first kappa shape index (κ1) is 26.5. The second-order valence-electron chi connectivity index (χ2n) is 11.0. The third kappa shape index (κ3) is 5.21. The summed E-state index contributed by atoms with van der Waals surface area (Å²) in [5, 5.41) is 13.5. The number of aromatic carboxylic acids is 1. The van der Waals surface area contributed by atoms with E-state index in [4.69, 9.17) is 19.4 Å². The Morgan fingerprint density at radius 3 is 2.74 bits per heavy atom. The van der Waals surface area contributed by atoms with Crippen molar-refractivity contribution in [2.75, 3.05) is 19.7 Å². The molecule has 42 heavy (non-hydrogen) atoms. The largest absolute Gasteiger partial charge is 0.478 e. The van der Waals surface area contributed by atoms with Crippen LogP contribution in [0.15, 0.2) is 60.9 Å². The van der Waals surface area contributed by atoms with Gasteiger partial charge in [-0.1, -0.05) is 12.1 Å². The molecule has 0 radical (unpaired) electrons. The van der Waals surface area contributed by atoms with Gasteiger partial charge < -0.3 is 19.1 Å². The molecule has 4 aromatic heterocycles. The van der Waals surface area contributed by atoms with Gasteiger partial charge >= 0.3 is 5.97 Å². The predicted octanol–water partition coefficient (Wildman–Crippen LogP) is 4.66. The molecular formula is C31H31FN6O4. The Morgan fingerprint density at radius 2 is 1.95 bits per heavy atom. The highest BCUT2D eigenvalue weighted by atomic mass is 19.1. The van der Waals surface area contributed by atoms with E-state index in [1.165, 1.54) is 10.7 Å². The molecule has 1 atom stereocenters. The molecular weight excluding hydrogens is 539 g/mol. The van der Waals surface area contributed by atoms with Gasteiger partial charge in [0.05, 0.1) is 42.0 Å². The van der Waals surface area contributed by atoms with Gasteiger partial charge in [0.2, 0.25) is 5.88 Å². The highest BCUT2D eigenvalue weighted by molar-refractivity contribution is 5.92. The minimum atomic E-state index is -0.944. The monoisotopic (exact) mass is 570 g/mol. The van der Waals surface area contributed by atoms with Crippen LogP contribution >= 0.6 is 0 Å². The summed E-state index contributed by atoms with van der Waals surface area (Å²) >= 11 is 0. The van der Waals surface area contributed by atoms with E-state index in [0.717, 1.165) is 61.5 Å². The van der Waals surface area contributed by atoms with Crippen LogP contribution in [-0.2, 0) is 24.4 Å². The minimum absolute atomic E-state index is 0.132. The average Bonchev–Trinajstić information content (AvgIpc) is 3.53. The molecule has 1 unspecified atom stereocenters. The maximum absolute atomic E-state index is 14.2. The molecule has 6 heterocycles. The summed E-state index contributed by atoms with van der Waals surface area (Å²) in [5.41, 5.74) is 4.02. The number of rotatable bonds is 9. The van der Waals surface area contributed by atoms with Crippen molar-refractivity contribution in [1.29, 1.82) is 0 Å². The van der Waals surface area contributed by atoms with Crippen molar-refractivity contribution in [3.8, 4) is 5.88 Å². The number of aromatic nitrogens is 5. The van der Waals surface area contributed by atoms with Crippen LogP contribution in [0.25, 0.3) is 16.6 Å². The van der Waals surface area contributed by atoms with Crippen LogP contribution < -0.4 is 4.74 Å². The Hall–Kier alpha value is -4.35. The van der Waals surface area contributed by atoms with Crippen LogP contribution in [0.5, 0.6) is 5.88 Å². The van der Waals surface area contributed by atoms with Crippen molar-refractivity contribution in [2.24, 2.45) is 0 Å². The molecule has 11 heteroatoms. The zero-order valence-electron chi connectivity index (χ0n) is 23.0. The lowest BCUT2D eigenvalue weighted by atomic mass is 9.93. The standard InChI is InChI=1S/C31H31FN6O4/c32-24-16-33-38-11-2-3-22(30(24)38)19-42-29-5-1-4-25(35-29)20-8-12-36(13-9-20)18-28-34-26-7-6-21(31(39)40)15-27(26)37(28)17-23-10-14-41-23/h1-7,11,15-16,20,23H,8-10,12-14,17-19H2,(H,39,40). The van der Waals surface area contributed by atoms with E-state index in [9.17, 15) is 14.3 Å². The van der Waals surface area contributed by atoms with Gasteiger partial charge in [-0.2, -0.15) is 5.10 Å². The third-order valence-electron chi connectivity index (χ3n) is 8.32. The van der Waals surface area contributed by atoms with Crippen LogP contribution in [0.1, 0.15) is 52.6 Å². The Kier molecular flexibility index (Phi) is 7.04. The van der Waals surface area contributed by atoms with Gasteiger partial charge in [0.25, 0.3) is 0 Å². The van der Waals surface area contributed by atoms with Gasteiger partial charge in [0.15, 0.2) is 5.82 Å². The molecule has 0 bridgehead atoms. The fraction of sp³-hybridized carbons (Fsp3) is 0.355. The number of halogens is 1. The molecule has 2 aliphatic rings. The van der Waals surface area contributed by atoms with E-state index in [0.29, 0.717) is 36.0 Å². The van der Waals surface area contributed by atoms with E-state index < -0.39 is 5.97 Å². The summed E-state index contributed by atoms with van der Waals surface area (Å²) in [4.78, 5) is 23.7. The molecule has 0 saturated carbocycles. The SMILES string of the molecule is O=C(O)c1ccc2nc(CN3CCC(c4cccc(OCc5cccn6ncc(F)c56)n4)CC3)n(CC3CCO3)c2c1. The second-order valence-corrected chi connectivity index (χ2v) is 11.0. The number of imidazole rings is 1. The van der Waals surface area contributed by atoms with E-state index in [-0.39, 0.29) is 24.1 Å². The summed E-state index contributed by atoms with van der Waals surface area (Å²) < 4.78 is 29.5. The number of carboxylic acid groups (broad SMARTS) is 1. The quantitative estimate of drug-likeness (QED) is 0.273. The highest BCUT2D eigenvalue weighted by Crippen LogP contribution is 2.30. The first-order chi connectivity index (χ1) is 20.5. The van der Waals surface area contributed by atoms with Crippen molar-refractivity contribution in [1.82, 2.24) is 29.0 Å². The van der Waals surface area contributed by atoms with Crippen molar-refractivity contribution in [2.45, 2.75) is 51.0 Å². The van der Waals surface area contributed by atoms with Crippen LogP contribution in [-0.4, -0.2) is 65.9 Å². The number of carboxylic acids is 1. The number of ether oxygens (including phenoxy) is 2. The number of pyridine rings is 2. The fourth-order valence-corrected chi connectivity index (χ4v) is 5.93. The summed E-state index contributed by atoms with van der Waals surface area (Å²) in [5.74, 6) is 0.436. The Balaban J connectivity index is 1.02. The van der Waals surface area contributed by atoms with E-state index >= 15 is 0 Å². The summed E-state index contributed by atoms with van der Waals surface area (Å²) in [6.45, 7) is 4.10. The third-order valence-corrected chi connectivity index (χ3v) is 8.32. The zero-order valence-corrected chi connectivity index (χ0v) is 23.0. The molecule has 0 spiro atoms. The number of benzene rings is 1. The molecule has 10 nitrogen and oxygen atoms in total. The Morgan fingerprint density at radius 1 is 1.10 bits per heavy atom. The second kappa shape index (κ2) is 11.1. The smallest absolute Gasteiger partial charge is 0.335 e. The van der Waals surface area contributed by atoms with Crippen LogP contribution in [0.4, 0.5) is 4.39 Å². The lowest BCUT2D eigenvalue weighted by Gasteiger charge is -2.32. The molecule has 0 aliphatic carbocycles. The van der Waals surface area contributed by atoms with E-state index in [1.807, 2.05) is 30.3 Å². The number of carbonyl (C=O) groups is 1. The van der Waals surface area contributed by atoms with Gasteiger partial charge in [0.1, 0.15) is 17.9 Å². The number of hydrogen-bond donors (Lipinski definition) is 1. The molecule has 2 saturated heterocycles. The van der Waals surface area contributed by atoms with Gasteiger partial charge in [0, 0.05) is 36.0 Å². The van der Waals surface area contributed by atoms with Crippen molar-refractivity contribution >= 4 is 22.5 Å². The number of likely N-dealkylation sites (tertiary alicyclic amines) is 1. The minimum Gasteiger partial charge on any atom is -0.478 e. The summed E-state index contributed by atoms with van der Waals surface area (Å²) in [6.07, 6.45) is 5.94. The molecule has 2 aliphatic heterocycles. The molecule has 7 rings (SSSR count). The van der Waals surface area contributed by atoms with E-state index in [1.54, 1.807) is 24.4 Å². The van der Waals surface area contributed by atoms with Gasteiger partial charge in [-0.3, -0.25) is 4.90 Å². The lowest BCUT2D eigenvalue weighted by molar-refractivity contribution is -0.0592. The molecule has 1 N–H and O–H groups in total. The summed E-state index contributed by atoms with van der Waals surface area (Å²) in [6, 6.07) is 14.6. The predicted molar refractivity (Wildman–Crippen MR) is 152 cm³/mol. The van der Waals surface area contributed by atoms with Gasteiger partial charge in [-0.25, -0.2) is 23.7 Å². The summed E-state index contributed by atoms with van der Waals surface area (Å²) in [7, 11) is 0. The molecule has 2 fully saturated rings. The molecule has 5 aromatic rings. The maximum atomic E-state index is 14.2. The number of fused-ring (bicyclic) bond motifs is 2. The van der Waals surface area contributed by atoms with Gasteiger partial charge in [-0.05, 0) is 62.7 Å². The van der Waals surface area contributed by atoms with Crippen LogP contribution in [0.3, 0.4) is 0 Å². The molecule has 0 amide bonds. The average molecular weight is 571 g/mol. The van der Waals surface area contributed by atoms with Crippen LogP contribution in [0, 0.1) is 5.82 Å². The lowest BCUT2D eigenvalue weighted by Crippen LogP contribution is -2.35. The van der Waals surface area contributed by atoms with Crippen molar-refractivity contribution in [3.63, 3.8) is 0 Å². The molecule has 216 valence electrons. The van der Waals surface area contributed by atoms with E-state index in [2.05, 4.69) is 14.6 Å². The van der Waals surface area contributed by atoms with Crippen molar-refractivity contribution in [3.05, 3.63) is 89.4 Å². The van der Waals surface area contributed by atoms with Crippen molar-refractivity contribution < 1.29 is 23.8 Å². The first-order valence-electron chi connectivity index (χ1n) is 14.3. The molecule has 1 aromatic carbocycles. The van der Waals surface area contributed by atoms with Gasteiger partial charge in [-0.15, -0.1) is 0 Å². The highest BCUT2D eigenvalue weighted by Gasteiger charge is 2.26.